The number of carbonyl (C=O) groups excluding carboxylic acids is 1. The zero-order valence-corrected chi connectivity index (χ0v) is 17.0. The standard InChI is InChI=1S/C19H11Cl2F3N2O3S/c20-10-1-3-11(4-2-10)26-30(28,29)12-5-6-14(21)13(9-12)19(27)25-16-8-7-15(22)17(23)18(16)24/h1-9,26H,(H,25,27). The number of sulfonamides is 1. The fourth-order valence-corrected chi connectivity index (χ4v) is 3.80. The summed E-state index contributed by atoms with van der Waals surface area (Å²) in [6.07, 6.45) is 0. The van der Waals surface area contributed by atoms with E-state index in [0.717, 1.165) is 24.3 Å². The van der Waals surface area contributed by atoms with Crippen LogP contribution >= 0.6 is 23.2 Å². The molecule has 0 atom stereocenters. The summed E-state index contributed by atoms with van der Waals surface area (Å²) in [6.45, 7) is 0. The van der Waals surface area contributed by atoms with Crippen LogP contribution in [0.2, 0.25) is 10.0 Å². The van der Waals surface area contributed by atoms with E-state index in [4.69, 9.17) is 23.2 Å². The van der Waals surface area contributed by atoms with Gasteiger partial charge in [0.1, 0.15) is 0 Å². The summed E-state index contributed by atoms with van der Waals surface area (Å²) in [5.74, 6) is -5.81. The van der Waals surface area contributed by atoms with Crippen LogP contribution in [0.1, 0.15) is 10.4 Å². The number of anilines is 2. The molecule has 0 spiro atoms. The minimum absolute atomic E-state index is 0.138. The molecule has 3 aromatic rings. The quantitative estimate of drug-likeness (QED) is 0.481. The minimum atomic E-state index is -4.11. The maximum atomic E-state index is 13.8. The van der Waals surface area contributed by atoms with Crippen LogP contribution in [-0.4, -0.2) is 14.3 Å². The number of carbonyl (C=O) groups is 1. The van der Waals surface area contributed by atoms with Crippen molar-refractivity contribution in [2.24, 2.45) is 0 Å². The molecule has 156 valence electrons. The molecule has 5 nitrogen and oxygen atoms in total. The number of hydrogen-bond donors (Lipinski definition) is 2. The van der Waals surface area contributed by atoms with Gasteiger partial charge in [-0.05, 0) is 54.6 Å². The third-order valence-electron chi connectivity index (χ3n) is 3.87. The van der Waals surface area contributed by atoms with E-state index in [1.165, 1.54) is 24.3 Å². The summed E-state index contributed by atoms with van der Waals surface area (Å²) < 4.78 is 67.7. The molecular weight excluding hydrogens is 464 g/mol. The number of rotatable bonds is 5. The molecule has 0 radical (unpaired) electrons. The molecule has 0 unspecified atom stereocenters. The Bertz CT molecular complexity index is 1240. The molecule has 0 heterocycles. The van der Waals surface area contributed by atoms with E-state index in [2.05, 4.69) is 4.72 Å². The van der Waals surface area contributed by atoms with E-state index in [0.29, 0.717) is 11.1 Å². The van der Waals surface area contributed by atoms with Crippen molar-refractivity contribution < 1.29 is 26.4 Å². The molecule has 0 aliphatic heterocycles. The molecule has 1 amide bonds. The van der Waals surface area contributed by atoms with Gasteiger partial charge in [-0.2, -0.15) is 0 Å². The number of halogens is 5. The largest absolute Gasteiger partial charge is 0.319 e. The van der Waals surface area contributed by atoms with E-state index < -0.39 is 39.1 Å². The second-order valence-corrected chi connectivity index (χ2v) is 8.46. The van der Waals surface area contributed by atoms with Crippen molar-refractivity contribution in [2.45, 2.75) is 4.90 Å². The number of amides is 1. The predicted octanol–water partition coefficient (Wildman–Crippen LogP) is 5.46. The molecule has 3 aromatic carbocycles. The van der Waals surface area contributed by atoms with Gasteiger partial charge in [0.15, 0.2) is 17.5 Å². The minimum Gasteiger partial charge on any atom is -0.319 e. The van der Waals surface area contributed by atoms with Crippen molar-refractivity contribution in [2.75, 3.05) is 10.0 Å². The Labute approximate surface area is 179 Å². The zero-order valence-electron chi connectivity index (χ0n) is 14.7. The zero-order chi connectivity index (χ0) is 22.1. The summed E-state index contributed by atoms with van der Waals surface area (Å²) in [5.41, 5.74) is -0.730. The van der Waals surface area contributed by atoms with E-state index in [9.17, 15) is 26.4 Å². The van der Waals surface area contributed by atoms with Crippen molar-refractivity contribution in [1.29, 1.82) is 0 Å². The average molecular weight is 475 g/mol. The van der Waals surface area contributed by atoms with Crippen molar-refractivity contribution >= 4 is 50.5 Å². The normalized spacial score (nSPS) is 11.2. The molecule has 0 fully saturated rings. The average Bonchev–Trinajstić information content (AvgIpc) is 2.70. The van der Waals surface area contributed by atoms with Crippen LogP contribution in [0.5, 0.6) is 0 Å². The van der Waals surface area contributed by atoms with Crippen molar-refractivity contribution in [3.8, 4) is 0 Å². The van der Waals surface area contributed by atoms with E-state index in [1.807, 2.05) is 5.32 Å². The Morgan fingerprint density at radius 1 is 0.867 bits per heavy atom. The first-order valence-electron chi connectivity index (χ1n) is 8.11. The van der Waals surface area contributed by atoms with Crippen LogP contribution in [0, 0.1) is 17.5 Å². The molecule has 0 saturated heterocycles. The van der Waals surface area contributed by atoms with Crippen LogP contribution < -0.4 is 10.0 Å². The fraction of sp³-hybridized carbons (Fsp3) is 0. The molecule has 3 rings (SSSR count). The second kappa shape index (κ2) is 8.55. The van der Waals surface area contributed by atoms with Gasteiger partial charge < -0.3 is 5.32 Å². The number of hydrogen-bond acceptors (Lipinski definition) is 3. The molecule has 30 heavy (non-hydrogen) atoms. The SMILES string of the molecule is O=C(Nc1ccc(F)c(F)c1F)c1cc(S(=O)(=O)Nc2ccc(Cl)cc2)ccc1Cl. The molecule has 11 heteroatoms. The molecule has 0 aliphatic rings. The van der Waals surface area contributed by atoms with E-state index in [1.54, 1.807) is 0 Å². The predicted molar refractivity (Wildman–Crippen MR) is 108 cm³/mol. The highest BCUT2D eigenvalue weighted by molar-refractivity contribution is 7.92. The highest BCUT2D eigenvalue weighted by Gasteiger charge is 2.21. The lowest BCUT2D eigenvalue weighted by molar-refractivity contribution is 0.102. The first kappa shape index (κ1) is 21.9. The summed E-state index contributed by atoms with van der Waals surface area (Å²) in [6, 6.07) is 10.6. The summed E-state index contributed by atoms with van der Waals surface area (Å²) >= 11 is 11.7. The van der Waals surface area contributed by atoms with Gasteiger partial charge in [-0.15, -0.1) is 0 Å². The van der Waals surface area contributed by atoms with Gasteiger partial charge in [0.25, 0.3) is 15.9 Å². The molecule has 0 aromatic heterocycles. The van der Waals surface area contributed by atoms with Crippen molar-refractivity contribution in [1.82, 2.24) is 0 Å². The molecule has 2 N–H and O–H groups in total. The van der Waals surface area contributed by atoms with Crippen LogP contribution in [0.4, 0.5) is 24.5 Å². The topological polar surface area (TPSA) is 75.3 Å². The fourth-order valence-electron chi connectivity index (χ4n) is 2.39. The van der Waals surface area contributed by atoms with E-state index >= 15 is 0 Å². The van der Waals surface area contributed by atoms with Gasteiger partial charge in [0.05, 0.1) is 21.2 Å². The first-order chi connectivity index (χ1) is 14.1. The van der Waals surface area contributed by atoms with Crippen LogP contribution in [0.3, 0.4) is 0 Å². The monoisotopic (exact) mass is 474 g/mol. The lowest BCUT2D eigenvalue weighted by atomic mass is 10.2. The smallest absolute Gasteiger partial charge is 0.261 e. The Balaban J connectivity index is 1.90. The maximum Gasteiger partial charge on any atom is 0.261 e. The van der Waals surface area contributed by atoms with Crippen LogP contribution in [0.25, 0.3) is 0 Å². The van der Waals surface area contributed by atoms with E-state index in [-0.39, 0.29) is 21.2 Å². The molecule has 0 saturated carbocycles. The van der Waals surface area contributed by atoms with Crippen LogP contribution in [0.15, 0.2) is 59.5 Å². The lowest BCUT2D eigenvalue weighted by Gasteiger charge is -2.12. The van der Waals surface area contributed by atoms with Gasteiger partial charge in [0, 0.05) is 10.7 Å². The van der Waals surface area contributed by atoms with Gasteiger partial charge in [-0.25, -0.2) is 21.6 Å². The highest BCUT2D eigenvalue weighted by Crippen LogP contribution is 2.25. The first-order valence-corrected chi connectivity index (χ1v) is 10.3. The molecule has 0 aliphatic carbocycles. The van der Waals surface area contributed by atoms with Gasteiger partial charge in [-0.3, -0.25) is 9.52 Å². The van der Waals surface area contributed by atoms with Gasteiger partial charge >= 0.3 is 0 Å². The van der Waals surface area contributed by atoms with Gasteiger partial charge in [-0.1, -0.05) is 23.2 Å². The third kappa shape index (κ3) is 4.69. The number of nitrogens with one attached hydrogen (secondary N) is 2. The number of benzene rings is 3. The van der Waals surface area contributed by atoms with Crippen LogP contribution in [-0.2, 0) is 10.0 Å². The summed E-state index contributed by atoms with van der Waals surface area (Å²) in [4.78, 5) is 12.1. The molecular formula is C19H11Cl2F3N2O3S. The Hall–Kier alpha value is -2.75. The third-order valence-corrected chi connectivity index (χ3v) is 5.83. The summed E-state index contributed by atoms with van der Waals surface area (Å²) in [7, 11) is -4.11. The Kier molecular flexibility index (Phi) is 6.25. The van der Waals surface area contributed by atoms with Gasteiger partial charge in [0.2, 0.25) is 0 Å². The highest BCUT2D eigenvalue weighted by atomic mass is 35.5. The van der Waals surface area contributed by atoms with Crippen molar-refractivity contribution in [3.05, 3.63) is 87.7 Å². The molecule has 0 bridgehead atoms. The Morgan fingerprint density at radius 2 is 1.53 bits per heavy atom. The Morgan fingerprint density at radius 3 is 2.20 bits per heavy atom. The summed E-state index contributed by atoms with van der Waals surface area (Å²) in [5, 5.41) is 2.31. The lowest BCUT2D eigenvalue weighted by Crippen LogP contribution is -2.17. The second-order valence-electron chi connectivity index (χ2n) is 5.93. The van der Waals surface area contributed by atoms with Crippen molar-refractivity contribution in [3.63, 3.8) is 0 Å². The maximum absolute atomic E-state index is 13.8.